The van der Waals surface area contributed by atoms with Crippen LogP contribution in [-0.4, -0.2) is 17.0 Å². The van der Waals surface area contributed by atoms with Crippen molar-refractivity contribution in [2.75, 3.05) is 12.4 Å². The minimum atomic E-state index is 0.999. The Balaban J connectivity index is 2.02. The fraction of sp³-hybridized carbons (Fsp3) is 0.333. The lowest BCUT2D eigenvalue weighted by atomic mass is 10.1. The molecule has 0 unspecified atom stereocenters. The summed E-state index contributed by atoms with van der Waals surface area (Å²) in [6.07, 6.45) is 5.80. The van der Waals surface area contributed by atoms with Gasteiger partial charge < -0.3 is 5.32 Å². The van der Waals surface area contributed by atoms with Gasteiger partial charge >= 0.3 is 0 Å². The quantitative estimate of drug-likeness (QED) is 0.882. The van der Waals surface area contributed by atoms with E-state index < -0.39 is 0 Å². The van der Waals surface area contributed by atoms with Gasteiger partial charge in [-0.25, -0.2) is 4.98 Å². The van der Waals surface area contributed by atoms with Crippen molar-refractivity contribution in [1.29, 1.82) is 0 Å². The fourth-order valence-corrected chi connectivity index (χ4v) is 2.49. The Kier molecular flexibility index (Phi) is 3.51. The molecule has 0 aliphatic heterocycles. The molecular formula is C12H15N3S. The van der Waals surface area contributed by atoms with Crippen LogP contribution in [0.5, 0.6) is 0 Å². The van der Waals surface area contributed by atoms with Crippen molar-refractivity contribution in [3.63, 3.8) is 0 Å². The molecule has 84 valence electrons. The van der Waals surface area contributed by atoms with Crippen LogP contribution in [0.3, 0.4) is 0 Å². The van der Waals surface area contributed by atoms with Crippen LogP contribution in [0, 0.1) is 6.92 Å². The highest BCUT2D eigenvalue weighted by atomic mass is 32.1. The predicted molar refractivity (Wildman–Crippen MR) is 68.0 cm³/mol. The van der Waals surface area contributed by atoms with Crippen LogP contribution < -0.4 is 5.32 Å². The zero-order valence-corrected chi connectivity index (χ0v) is 10.3. The molecule has 2 heterocycles. The second-order valence-electron chi connectivity index (χ2n) is 3.64. The lowest BCUT2D eigenvalue weighted by Crippen LogP contribution is -1.91. The average molecular weight is 233 g/mol. The number of aryl methyl sites for hydroxylation is 3. The molecule has 0 saturated carbocycles. The topological polar surface area (TPSA) is 37.8 Å². The first-order valence-corrected chi connectivity index (χ1v) is 6.14. The van der Waals surface area contributed by atoms with Crippen molar-refractivity contribution in [1.82, 2.24) is 9.97 Å². The molecule has 0 radical (unpaired) electrons. The first-order chi connectivity index (χ1) is 7.79. The number of thiazole rings is 1. The van der Waals surface area contributed by atoms with Gasteiger partial charge in [0.2, 0.25) is 0 Å². The molecule has 16 heavy (non-hydrogen) atoms. The second-order valence-corrected chi connectivity index (χ2v) is 4.72. The number of hydrogen-bond donors (Lipinski definition) is 1. The number of nitrogens with zero attached hydrogens (tertiary/aromatic N) is 2. The largest absolute Gasteiger partial charge is 0.365 e. The molecule has 4 heteroatoms. The highest BCUT2D eigenvalue weighted by Crippen LogP contribution is 2.23. The zero-order valence-electron chi connectivity index (χ0n) is 9.53. The van der Waals surface area contributed by atoms with Gasteiger partial charge in [-0.15, -0.1) is 11.3 Å². The normalized spacial score (nSPS) is 10.4. The first-order valence-electron chi connectivity index (χ1n) is 5.32. The van der Waals surface area contributed by atoms with E-state index in [-0.39, 0.29) is 0 Å². The third-order valence-electron chi connectivity index (χ3n) is 2.47. The monoisotopic (exact) mass is 233 g/mol. The number of pyridine rings is 1. The van der Waals surface area contributed by atoms with E-state index in [1.807, 2.05) is 19.3 Å². The molecule has 0 atom stereocenters. The van der Waals surface area contributed by atoms with Gasteiger partial charge in [0.05, 0.1) is 5.69 Å². The molecule has 0 aliphatic rings. The van der Waals surface area contributed by atoms with Crippen molar-refractivity contribution < 1.29 is 0 Å². The molecule has 2 aromatic heterocycles. The smallest absolute Gasteiger partial charge is 0.182 e. The van der Waals surface area contributed by atoms with Crippen molar-refractivity contribution in [3.8, 4) is 0 Å². The fourth-order valence-electron chi connectivity index (χ4n) is 1.57. The van der Waals surface area contributed by atoms with Crippen LogP contribution in [0.15, 0.2) is 24.5 Å². The summed E-state index contributed by atoms with van der Waals surface area (Å²) in [5, 5.41) is 4.08. The molecule has 0 saturated heterocycles. The van der Waals surface area contributed by atoms with Crippen molar-refractivity contribution >= 4 is 16.5 Å². The maximum atomic E-state index is 4.43. The molecule has 0 fully saturated rings. The summed E-state index contributed by atoms with van der Waals surface area (Å²) in [6, 6.07) is 4.09. The minimum absolute atomic E-state index is 0.999. The van der Waals surface area contributed by atoms with Crippen LogP contribution in [0.4, 0.5) is 5.13 Å². The Morgan fingerprint density at radius 2 is 2.25 bits per heavy atom. The Bertz CT molecular complexity index is 451. The number of anilines is 1. The van der Waals surface area contributed by atoms with Crippen molar-refractivity contribution in [2.45, 2.75) is 19.8 Å². The lowest BCUT2D eigenvalue weighted by molar-refractivity contribution is 0.952. The Morgan fingerprint density at radius 1 is 1.38 bits per heavy atom. The summed E-state index contributed by atoms with van der Waals surface area (Å²) >= 11 is 1.74. The van der Waals surface area contributed by atoms with Gasteiger partial charge in [-0.2, -0.15) is 0 Å². The summed E-state index contributed by atoms with van der Waals surface area (Å²) in [5.74, 6) is 0. The maximum Gasteiger partial charge on any atom is 0.182 e. The van der Waals surface area contributed by atoms with Crippen molar-refractivity contribution in [2.24, 2.45) is 0 Å². The van der Waals surface area contributed by atoms with Gasteiger partial charge in [-0.1, -0.05) is 6.07 Å². The van der Waals surface area contributed by atoms with E-state index in [0.29, 0.717) is 0 Å². The minimum Gasteiger partial charge on any atom is -0.365 e. The van der Waals surface area contributed by atoms with E-state index in [2.05, 4.69) is 28.3 Å². The second kappa shape index (κ2) is 5.07. The standard InChI is InChI=1S/C12H15N3S/c1-9-11(16-12(13-2)15-9)6-5-10-4-3-7-14-8-10/h3-4,7-8H,5-6H2,1-2H3,(H,13,15). The number of aromatic nitrogens is 2. The molecule has 3 nitrogen and oxygen atoms in total. The predicted octanol–water partition coefficient (Wildman–Crippen LogP) is 2.67. The summed E-state index contributed by atoms with van der Waals surface area (Å²) in [7, 11) is 1.91. The summed E-state index contributed by atoms with van der Waals surface area (Å²) in [6.45, 7) is 2.07. The maximum absolute atomic E-state index is 4.43. The van der Waals surface area contributed by atoms with Crippen LogP contribution in [0.25, 0.3) is 0 Å². The molecule has 0 aliphatic carbocycles. The molecule has 0 amide bonds. The van der Waals surface area contributed by atoms with E-state index in [0.717, 1.165) is 23.7 Å². The van der Waals surface area contributed by atoms with E-state index >= 15 is 0 Å². The van der Waals surface area contributed by atoms with Gasteiger partial charge in [0.15, 0.2) is 5.13 Å². The lowest BCUT2D eigenvalue weighted by Gasteiger charge is -1.98. The van der Waals surface area contributed by atoms with Gasteiger partial charge in [0.1, 0.15) is 0 Å². The SMILES string of the molecule is CNc1nc(C)c(CCc2cccnc2)s1. The van der Waals surface area contributed by atoms with Gasteiger partial charge in [0.25, 0.3) is 0 Å². The summed E-state index contributed by atoms with van der Waals surface area (Å²) in [5.41, 5.74) is 2.42. The Labute approximate surface area is 99.6 Å². The first kappa shape index (κ1) is 11.1. The summed E-state index contributed by atoms with van der Waals surface area (Å²) < 4.78 is 0. The zero-order chi connectivity index (χ0) is 11.4. The number of rotatable bonds is 4. The van der Waals surface area contributed by atoms with E-state index in [9.17, 15) is 0 Å². The molecule has 2 aromatic rings. The highest BCUT2D eigenvalue weighted by Gasteiger charge is 2.06. The van der Waals surface area contributed by atoms with E-state index in [1.165, 1.54) is 10.4 Å². The van der Waals surface area contributed by atoms with Crippen molar-refractivity contribution in [3.05, 3.63) is 40.7 Å². The van der Waals surface area contributed by atoms with Crippen LogP contribution in [-0.2, 0) is 12.8 Å². The highest BCUT2D eigenvalue weighted by molar-refractivity contribution is 7.15. The third-order valence-corrected chi connectivity index (χ3v) is 3.70. The van der Waals surface area contributed by atoms with Crippen LogP contribution in [0.2, 0.25) is 0 Å². The van der Waals surface area contributed by atoms with E-state index in [1.54, 1.807) is 17.5 Å². The Hall–Kier alpha value is -1.42. The molecule has 0 bridgehead atoms. The number of nitrogens with one attached hydrogen (secondary N) is 1. The van der Waals surface area contributed by atoms with Gasteiger partial charge in [-0.3, -0.25) is 4.98 Å². The molecule has 0 spiro atoms. The molecular weight excluding hydrogens is 218 g/mol. The molecule has 0 aromatic carbocycles. The van der Waals surface area contributed by atoms with E-state index in [4.69, 9.17) is 0 Å². The Morgan fingerprint density at radius 3 is 2.88 bits per heavy atom. The average Bonchev–Trinajstić information content (AvgIpc) is 2.69. The molecule has 1 N–H and O–H groups in total. The van der Waals surface area contributed by atoms with Gasteiger partial charge in [-0.05, 0) is 31.4 Å². The van der Waals surface area contributed by atoms with Gasteiger partial charge in [0, 0.05) is 24.3 Å². The van der Waals surface area contributed by atoms with Crippen LogP contribution >= 0.6 is 11.3 Å². The summed E-state index contributed by atoms with van der Waals surface area (Å²) in [4.78, 5) is 9.90. The van der Waals surface area contributed by atoms with Crippen LogP contribution in [0.1, 0.15) is 16.1 Å². The molecule has 2 rings (SSSR count). The third kappa shape index (κ3) is 2.58. The number of hydrogen-bond acceptors (Lipinski definition) is 4.